The number of hydrogen-bond acceptors (Lipinski definition) is 4. The second-order valence-corrected chi connectivity index (χ2v) is 3.98. The molecule has 0 aliphatic carbocycles. The highest BCUT2D eigenvalue weighted by Crippen LogP contribution is 2.30. The Kier molecular flexibility index (Phi) is 2.48. The van der Waals surface area contributed by atoms with E-state index < -0.39 is 0 Å². The lowest BCUT2D eigenvalue weighted by molar-refractivity contribution is 0.103. The molecule has 90 valence electrons. The standard InChI is InChI=1S/C14H11NO3/c1-17-9-4-5-13-11(7-9)14(16)10-3-2-6-15-12(10)8-18-13/h2-7H,8H2,1H3. The van der Waals surface area contributed by atoms with Crippen LogP contribution in [0.3, 0.4) is 0 Å². The monoisotopic (exact) mass is 241 g/mol. The molecule has 4 nitrogen and oxygen atoms in total. The Balaban J connectivity index is 2.17. The normalized spacial score (nSPS) is 13.1. The summed E-state index contributed by atoms with van der Waals surface area (Å²) in [6.45, 7) is 0.307. The Morgan fingerprint density at radius 3 is 3.00 bits per heavy atom. The Bertz CT molecular complexity index is 622. The average Bonchev–Trinajstić information content (AvgIpc) is 2.57. The Labute approximate surface area is 104 Å². The van der Waals surface area contributed by atoms with Gasteiger partial charge in [0.25, 0.3) is 0 Å². The number of fused-ring (bicyclic) bond motifs is 2. The number of methoxy groups -OCH3 is 1. The molecule has 1 aliphatic heterocycles. The lowest BCUT2D eigenvalue weighted by Gasteiger charge is -2.07. The summed E-state index contributed by atoms with van der Waals surface area (Å²) in [5.74, 6) is 1.13. The van der Waals surface area contributed by atoms with E-state index in [-0.39, 0.29) is 5.78 Å². The number of nitrogens with zero attached hydrogens (tertiary/aromatic N) is 1. The summed E-state index contributed by atoms with van der Waals surface area (Å²) in [5.41, 5.74) is 1.77. The number of rotatable bonds is 1. The second-order valence-electron chi connectivity index (χ2n) is 3.98. The van der Waals surface area contributed by atoms with E-state index in [1.165, 1.54) is 0 Å². The van der Waals surface area contributed by atoms with Gasteiger partial charge in [0.05, 0.1) is 18.4 Å². The van der Waals surface area contributed by atoms with Crippen LogP contribution in [0.2, 0.25) is 0 Å². The maximum atomic E-state index is 12.4. The fourth-order valence-electron chi connectivity index (χ4n) is 1.99. The van der Waals surface area contributed by atoms with Crippen molar-refractivity contribution in [1.82, 2.24) is 4.98 Å². The summed E-state index contributed by atoms with van der Waals surface area (Å²) in [5, 5.41) is 0. The van der Waals surface area contributed by atoms with E-state index in [2.05, 4.69) is 4.98 Å². The van der Waals surface area contributed by atoms with Crippen molar-refractivity contribution in [1.29, 1.82) is 0 Å². The van der Waals surface area contributed by atoms with E-state index in [4.69, 9.17) is 9.47 Å². The number of ether oxygens (including phenoxy) is 2. The summed E-state index contributed by atoms with van der Waals surface area (Å²) in [6, 6.07) is 8.73. The molecule has 18 heavy (non-hydrogen) atoms. The van der Waals surface area contributed by atoms with Gasteiger partial charge in [-0.1, -0.05) is 0 Å². The van der Waals surface area contributed by atoms with Crippen molar-refractivity contribution in [3.8, 4) is 11.5 Å². The Morgan fingerprint density at radius 1 is 1.28 bits per heavy atom. The van der Waals surface area contributed by atoms with Crippen LogP contribution in [-0.4, -0.2) is 17.9 Å². The van der Waals surface area contributed by atoms with Crippen LogP contribution < -0.4 is 9.47 Å². The van der Waals surface area contributed by atoms with E-state index >= 15 is 0 Å². The lowest BCUT2D eigenvalue weighted by Crippen LogP contribution is -2.04. The molecule has 4 heteroatoms. The lowest BCUT2D eigenvalue weighted by atomic mass is 10.0. The van der Waals surface area contributed by atoms with Gasteiger partial charge in [0.15, 0.2) is 5.78 Å². The van der Waals surface area contributed by atoms with Crippen molar-refractivity contribution >= 4 is 5.78 Å². The molecule has 2 heterocycles. The van der Waals surface area contributed by atoms with Crippen molar-refractivity contribution in [2.75, 3.05) is 7.11 Å². The largest absolute Gasteiger partial charge is 0.497 e. The van der Waals surface area contributed by atoms with Gasteiger partial charge in [-0.25, -0.2) is 0 Å². The van der Waals surface area contributed by atoms with Gasteiger partial charge in [0.1, 0.15) is 18.1 Å². The number of benzene rings is 1. The molecule has 0 fully saturated rings. The first-order valence-electron chi connectivity index (χ1n) is 5.59. The summed E-state index contributed by atoms with van der Waals surface area (Å²) in [7, 11) is 1.57. The molecule has 1 aromatic heterocycles. The zero-order valence-corrected chi connectivity index (χ0v) is 9.84. The molecular formula is C14H11NO3. The number of carbonyl (C=O) groups is 1. The highest BCUT2D eigenvalue weighted by molar-refractivity contribution is 6.11. The first-order chi connectivity index (χ1) is 8.79. The fourth-order valence-corrected chi connectivity index (χ4v) is 1.99. The SMILES string of the molecule is COc1ccc2c(c1)C(=O)c1cccnc1CO2. The fraction of sp³-hybridized carbons (Fsp3) is 0.143. The van der Waals surface area contributed by atoms with Crippen molar-refractivity contribution in [2.45, 2.75) is 6.61 Å². The molecule has 0 amide bonds. The smallest absolute Gasteiger partial charge is 0.198 e. The third-order valence-corrected chi connectivity index (χ3v) is 2.93. The minimum atomic E-state index is -0.0792. The minimum absolute atomic E-state index is 0.0792. The van der Waals surface area contributed by atoms with Crippen molar-refractivity contribution in [3.05, 3.63) is 53.3 Å². The molecular weight excluding hydrogens is 230 g/mol. The average molecular weight is 241 g/mol. The zero-order chi connectivity index (χ0) is 12.5. The van der Waals surface area contributed by atoms with Gasteiger partial charge in [0, 0.05) is 11.8 Å². The van der Waals surface area contributed by atoms with E-state index in [0.717, 1.165) is 0 Å². The van der Waals surface area contributed by atoms with Crippen LogP contribution >= 0.6 is 0 Å². The van der Waals surface area contributed by atoms with Crippen LogP contribution in [0.25, 0.3) is 0 Å². The molecule has 0 atom stereocenters. The van der Waals surface area contributed by atoms with Crippen LogP contribution in [0.5, 0.6) is 11.5 Å². The molecule has 2 aromatic rings. The van der Waals surface area contributed by atoms with Gasteiger partial charge in [0.2, 0.25) is 0 Å². The van der Waals surface area contributed by atoms with Crippen molar-refractivity contribution in [2.24, 2.45) is 0 Å². The van der Waals surface area contributed by atoms with Crippen LogP contribution in [0.1, 0.15) is 21.6 Å². The van der Waals surface area contributed by atoms with Crippen molar-refractivity contribution in [3.63, 3.8) is 0 Å². The van der Waals surface area contributed by atoms with Gasteiger partial charge in [-0.05, 0) is 30.3 Å². The topological polar surface area (TPSA) is 48.4 Å². The van der Waals surface area contributed by atoms with Gasteiger partial charge in [-0.15, -0.1) is 0 Å². The van der Waals surface area contributed by atoms with E-state index in [1.807, 2.05) is 0 Å². The molecule has 0 bridgehead atoms. The van der Waals surface area contributed by atoms with Gasteiger partial charge < -0.3 is 9.47 Å². The molecule has 0 unspecified atom stereocenters. The molecule has 0 saturated carbocycles. The zero-order valence-electron chi connectivity index (χ0n) is 9.84. The molecule has 1 aromatic carbocycles. The minimum Gasteiger partial charge on any atom is -0.497 e. The third-order valence-electron chi connectivity index (χ3n) is 2.93. The van der Waals surface area contributed by atoms with Gasteiger partial charge >= 0.3 is 0 Å². The molecule has 0 spiro atoms. The number of carbonyl (C=O) groups excluding carboxylic acids is 1. The maximum Gasteiger partial charge on any atom is 0.198 e. The summed E-state index contributed by atoms with van der Waals surface area (Å²) in [4.78, 5) is 16.6. The van der Waals surface area contributed by atoms with Gasteiger partial charge in [-0.3, -0.25) is 9.78 Å². The number of pyridine rings is 1. The first kappa shape index (κ1) is 10.8. The summed E-state index contributed by atoms with van der Waals surface area (Å²) >= 11 is 0. The second kappa shape index (κ2) is 4.14. The quantitative estimate of drug-likeness (QED) is 0.768. The highest BCUT2D eigenvalue weighted by atomic mass is 16.5. The summed E-state index contributed by atoms with van der Waals surface area (Å²) in [6.07, 6.45) is 1.66. The Morgan fingerprint density at radius 2 is 2.17 bits per heavy atom. The predicted molar refractivity (Wildman–Crippen MR) is 65.0 cm³/mol. The van der Waals surface area contributed by atoms with Gasteiger partial charge in [-0.2, -0.15) is 0 Å². The molecule has 0 saturated heterocycles. The number of hydrogen-bond donors (Lipinski definition) is 0. The molecule has 0 radical (unpaired) electrons. The highest BCUT2D eigenvalue weighted by Gasteiger charge is 2.23. The Hall–Kier alpha value is -2.36. The number of ketones is 1. The predicted octanol–water partition coefficient (Wildman–Crippen LogP) is 2.21. The molecule has 0 N–H and O–H groups in total. The number of aromatic nitrogens is 1. The molecule has 3 rings (SSSR count). The van der Waals surface area contributed by atoms with E-state index in [0.29, 0.717) is 34.9 Å². The van der Waals surface area contributed by atoms with Crippen LogP contribution in [0.15, 0.2) is 36.5 Å². The van der Waals surface area contributed by atoms with Crippen LogP contribution in [-0.2, 0) is 6.61 Å². The maximum absolute atomic E-state index is 12.4. The van der Waals surface area contributed by atoms with Crippen LogP contribution in [0, 0.1) is 0 Å². The third kappa shape index (κ3) is 1.62. The van der Waals surface area contributed by atoms with Crippen LogP contribution in [0.4, 0.5) is 0 Å². The summed E-state index contributed by atoms with van der Waals surface area (Å²) < 4.78 is 10.7. The van der Waals surface area contributed by atoms with E-state index in [9.17, 15) is 4.79 Å². The van der Waals surface area contributed by atoms with Crippen molar-refractivity contribution < 1.29 is 14.3 Å². The molecule has 1 aliphatic rings. The first-order valence-corrected chi connectivity index (χ1v) is 5.59. The van der Waals surface area contributed by atoms with E-state index in [1.54, 1.807) is 43.6 Å².